The van der Waals surface area contributed by atoms with Gasteiger partial charge in [0.15, 0.2) is 0 Å². The van der Waals surface area contributed by atoms with E-state index in [1.807, 2.05) is 0 Å². The number of aromatic amines is 1. The topological polar surface area (TPSA) is 122 Å². The summed E-state index contributed by atoms with van der Waals surface area (Å²) in [5.74, 6) is -1.58. The quantitative estimate of drug-likeness (QED) is 0.617. The van der Waals surface area contributed by atoms with E-state index in [9.17, 15) is 9.59 Å². The molecule has 0 bridgehead atoms. The first-order valence-electron chi connectivity index (χ1n) is 5.37. The molecule has 0 saturated carbocycles. The number of aromatic nitrogens is 1. The molecule has 0 aliphatic heterocycles. The summed E-state index contributed by atoms with van der Waals surface area (Å²) in [7, 11) is 0. The lowest BCUT2D eigenvalue weighted by molar-refractivity contribution is -0.138. The van der Waals surface area contributed by atoms with Crippen LogP contribution in [0.4, 0.5) is 0 Å². The van der Waals surface area contributed by atoms with Crippen molar-refractivity contribution in [1.29, 1.82) is 0 Å². The Balaban J connectivity index is 2.42. The lowest BCUT2D eigenvalue weighted by Crippen LogP contribution is -2.32. The zero-order chi connectivity index (χ0) is 13.3. The van der Waals surface area contributed by atoms with Gasteiger partial charge in [0.1, 0.15) is 6.04 Å². The van der Waals surface area contributed by atoms with Crippen molar-refractivity contribution in [3.8, 4) is 0 Å². The minimum absolute atomic E-state index is 0.192. The van der Waals surface area contributed by atoms with Gasteiger partial charge < -0.3 is 21.6 Å². The van der Waals surface area contributed by atoms with Crippen LogP contribution < -0.4 is 11.5 Å². The Morgan fingerprint density at radius 1 is 1.39 bits per heavy atom. The van der Waals surface area contributed by atoms with Gasteiger partial charge in [0.2, 0.25) is 5.91 Å². The second-order valence-electron chi connectivity index (χ2n) is 4.09. The van der Waals surface area contributed by atoms with Crippen LogP contribution in [0.2, 0.25) is 0 Å². The zero-order valence-corrected chi connectivity index (χ0v) is 9.51. The lowest BCUT2D eigenvalue weighted by Gasteiger charge is -2.05. The standard InChI is InChI=1S/C12H13N3O3/c13-9(12(17)18)4-7-5-15-10-2-1-6(11(14)16)3-8(7)10/h1-3,5,9,15H,4,13H2,(H2,14,16)(H,17,18). The number of hydrogen-bond donors (Lipinski definition) is 4. The third kappa shape index (κ3) is 2.18. The predicted molar refractivity (Wildman–Crippen MR) is 66.1 cm³/mol. The van der Waals surface area contributed by atoms with Crippen molar-refractivity contribution in [2.24, 2.45) is 11.5 Å². The van der Waals surface area contributed by atoms with E-state index in [2.05, 4.69) is 4.98 Å². The van der Waals surface area contributed by atoms with Crippen LogP contribution in [0.5, 0.6) is 0 Å². The molecule has 0 fully saturated rings. The Kier molecular flexibility index (Phi) is 3.03. The number of nitrogens with one attached hydrogen (secondary N) is 1. The summed E-state index contributed by atoms with van der Waals surface area (Å²) in [4.78, 5) is 24.8. The van der Waals surface area contributed by atoms with Crippen molar-refractivity contribution in [2.75, 3.05) is 0 Å². The molecule has 1 aromatic carbocycles. The van der Waals surface area contributed by atoms with E-state index in [4.69, 9.17) is 16.6 Å². The van der Waals surface area contributed by atoms with Gasteiger partial charge in [0, 0.05) is 29.1 Å². The number of carbonyl (C=O) groups excluding carboxylic acids is 1. The van der Waals surface area contributed by atoms with E-state index in [1.54, 1.807) is 24.4 Å². The molecule has 1 amide bonds. The van der Waals surface area contributed by atoms with Crippen molar-refractivity contribution in [2.45, 2.75) is 12.5 Å². The van der Waals surface area contributed by atoms with Crippen molar-refractivity contribution >= 4 is 22.8 Å². The van der Waals surface area contributed by atoms with Gasteiger partial charge in [0.25, 0.3) is 0 Å². The third-order valence-electron chi connectivity index (χ3n) is 2.81. The summed E-state index contributed by atoms with van der Waals surface area (Å²) in [5, 5.41) is 9.55. The molecule has 1 atom stereocenters. The summed E-state index contributed by atoms with van der Waals surface area (Å²) < 4.78 is 0. The van der Waals surface area contributed by atoms with Crippen molar-refractivity contribution in [3.63, 3.8) is 0 Å². The fourth-order valence-electron chi connectivity index (χ4n) is 1.82. The van der Waals surface area contributed by atoms with E-state index < -0.39 is 17.9 Å². The minimum Gasteiger partial charge on any atom is -0.480 e. The number of carbonyl (C=O) groups is 2. The molecule has 1 aromatic heterocycles. The van der Waals surface area contributed by atoms with Gasteiger partial charge in [-0.15, -0.1) is 0 Å². The summed E-state index contributed by atoms with van der Waals surface area (Å²) in [6, 6.07) is 4.01. The zero-order valence-electron chi connectivity index (χ0n) is 9.51. The first-order chi connectivity index (χ1) is 8.49. The van der Waals surface area contributed by atoms with E-state index >= 15 is 0 Å². The number of nitrogens with two attached hydrogens (primary N) is 2. The molecule has 1 unspecified atom stereocenters. The average molecular weight is 247 g/mol. The van der Waals surface area contributed by atoms with Crippen molar-refractivity contribution in [1.82, 2.24) is 4.98 Å². The largest absolute Gasteiger partial charge is 0.480 e. The molecule has 0 saturated heterocycles. The number of aliphatic carboxylic acids is 1. The highest BCUT2D eigenvalue weighted by Gasteiger charge is 2.15. The van der Waals surface area contributed by atoms with Gasteiger partial charge in [-0.25, -0.2) is 0 Å². The van der Waals surface area contributed by atoms with Crippen LogP contribution in [-0.2, 0) is 11.2 Å². The molecule has 6 N–H and O–H groups in total. The van der Waals surface area contributed by atoms with Crippen molar-refractivity contribution < 1.29 is 14.7 Å². The molecule has 6 nitrogen and oxygen atoms in total. The maximum Gasteiger partial charge on any atom is 0.320 e. The number of carboxylic acid groups (broad SMARTS) is 1. The smallest absolute Gasteiger partial charge is 0.320 e. The number of fused-ring (bicyclic) bond motifs is 1. The number of benzene rings is 1. The summed E-state index contributed by atoms with van der Waals surface area (Å²) in [5.41, 5.74) is 12.6. The molecule has 2 rings (SSSR count). The fourth-order valence-corrected chi connectivity index (χ4v) is 1.82. The Labute approximate surface area is 103 Å². The summed E-state index contributed by atoms with van der Waals surface area (Å²) >= 11 is 0. The first kappa shape index (κ1) is 12.1. The normalized spacial score (nSPS) is 12.5. The average Bonchev–Trinajstić information content (AvgIpc) is 2.71. The molecule has 94 valence electrons. The van der Waals surface area contributed by atoms with E-state index in [-0.39, 0.29) is 6.42 Å². The number of primary amides is 1. The van der Waals surface area contributed by atoms with E-state index in [0.29, 0.717) is 5.56 Å². The summed E-state index contributed by atoms with van der Waals surface area (Å²) in [6.45, 7) is 0. The number of amides is 1. The van der Waals surface area contributed by atoms with Crippen LogP contribution >= 0.6 is 0 Å². The van der Waals surface area contributed by atoms with E-state index in [0.717, 1.165) is 16.5 Å². The second kappa shape index (κ2) is 4.50. The van der Waals surface area contributed by atoms with E-state index in [1.165, 1.54) is 0 Å². The van der Waals surface area contributed by atoms with Gasteiger partial charge in [-0.1, -0.05) is 0 Å². The maximum absolute atomic E-state index is 11.1. The van der Waals surface area contributed by atoms with Gasteiger partial charge in [0.05, 0.1) is 0 Å². The number of hydrogen-bond acceptors (Lipinski definition) is 3. The van der Waals surface area contributed by atoms with Gasteiger partial charge in [-0.2, -0.15) is 0 Å². The molecular formula is C12H13N3O3. The molecule has 0 aliphatic carbocycles. The van der Waals surface area contributed by atoms with Crippen LogP contribution in [0.3, 0.4) is 0 Å². The predicted octanol–water partition coefficient (Wildman–Crippen LogP) is 0.221. The van der Waals surface area contributed by atoms with Crippen LogP contribution in [0, 0.1) is 0 Å². The minimum atomic E-state index is -1.06. The second-order valence-corrected chi connectivity index (χ2v) is 4.09. The first-order valence-corrected chi connectivity index (χ1v) is 5.37. The Morgan fingerprint density at radius 3 is 2.72 bits per heavy atom. The van der Waals surface area contributed by atoms with Crippen LogP contribution in [0.25, 0.3) is 10.9 Å². The summed E-state index contributed by atoms with van der Waals surface area (Å²) in [6.07, 6.45) is 1.88. The fraction of sp³-hybridized carbons (Fsp3) is 0.167. The molecule has 0 aliphatic rings. The Morgan fingerprint density at radius 2 is 2.11 bits per heavy atom. The molecule has 1 heterocycles. The molecule has 0 radical (unpaired) electrons. The monoisotopic (exact) mass is 247 g/mol. The van der Waals surface area contributed by atoms with Crippen LogP contribution in [0.15, 0.2) is 24.4 Å². The molecular weight excluding hydrogens is 234 g/mol. The van der Waals surface area contributed by atoms with Gasteiger partial charge in [-0.3, -0.25) is 9.59 Å². The molecule has 18 heavy (non-hydrogen) atoms. The Bertz CT molecular complexity index is 618. The number of carboxylic acids is 1. The highest BCUT2D eigenvalue weighted by atomic mass is 16.4. The molecule has 0 spiro atoms. The maximum atomic E-state index is 11.1. The molecule has 6 heteroatoms. The lowest BCUT2D eigenvalue weighted by atomic mass is 10.0. The van der Waals surface area contributed by atoms with Crippen LogP contribution in [-0.4, -0.2) is 28.0 Å². The van der Waals surface area contributed by atoms with Gasteiger partial charge >= 0.3 is 5.97 Å². The van der Waals surface area contributed by atoms with Gasteiger partial charge in [-0.05, 0) is 23.8 Å². The number of rotatable bonds is 4. The highest BCUT2D eigenvalue weighted by molar-refractivity contribution is 5.97. The highest BCUT2D eigenvalue weighted by Crippen LogP contribution is 2.20. The Hall–Kier alpha value is -2.34. The SMILES string of the molecule is NC(=O)c1ccc2[nH]cc(CC(N)C(=O)O)c2c1. The van der Waals surface area contributed by atoms with Crippen LogP contribution in [0.1, 0.15) is 15.9 Å². The number of H-pyrrole nitrogens is 1. The van der Waals surface area contributed by atoms with Crippen molar-refractivity contribution in [3.05, 3.63) is 35.5 Å². The molecule has 2 aromatic rings. The third-order valence-corrected chi connectivity index (χ3v) is 2.81.